The second kappa shape index (κ2) is 15.0. The highest BCUT2D eigenvalue weighted by atomic mass is 35.5. The molecule has 0 spiro atoms. The summed E-state index contributed by atoms with van der Waals surface area (Å²) in [5, 5.41) is 15.6. The lowest BCUT2D eigenvalue weighted by atomic mass is 9.86. The van der Waals surface area contributed by atoms with Crippen molar-refractivity contribution in [3.8, 4) is 0 Å². The third-order valence-electron chi connectivity index (χ3n) is 8.20. The number of hydrogen-bond donors (Lipinski definition) is 3. The molecule has 9 nitrogen and oxygen atoms in total. The molecule has 0 radical (unpaired) electrons. The molecule has 248 valence electrons. The minimum atomic E-state index is -4.64. The molecule has 13 heteroatoms. The first kappa shape index (κ1) is 33.9. The van der Waals surface area contributed by atoms with E-state index >= 15 is 0 Å². The SMILES string of the molecule is CC1C=CC(Cn2cnc(CCO)c2)=CC1C(=O)Nc1ccc(N2CCCCC2)cc1C(=O)N/N=C/c1ccc(Cl)c(C(F)(F)F)c1. The van der Waals surface area contributed by atoms with Crippen LogP contribution < -0.4 is 15.6 Å². The van der Waals surface area contributed by atoms with Crippen molar-refractivity contribution in [2.45, 2.75) is 45.3 Å². The van der Waals surface area contributed by atoms with Crippen LogP contribution in [0.4, 0.5) is 24.5 Å². The van der Waals surface area contributed by atoms with Gasteiger partial charge in [-0.05, 0) is 66.6 Å². The van der Waals surface area contributed by atoms with Crippen LogP contribution in [0.5, 0.6) is 0 Å². The number of carbonyl (C=O) groups excluding carboxylic acids is 2. The molecule has 3 aromatic rings. The highest BCUT2D eigenvalue weighted by Gasteiger charge is 2.33. The van der Waals surface area contributed by atoms with E-state index in [1.165, 1.54) is 6.07 Å². The van der Waals surface area contributed by atoms with E-state index in [1.54, 1.807) is 18.5 Å². The number of carbonyl (C=O) groups is 2. The number of imidazole rings is 1. The molecule has 1 aromatic heterocycles. The predicted octanol–water partition coefficient (Wildman–Crippen LogP) is 6.23. The van der Waals surface area contributed by atoms with Crippen LogP contribution in [0.2, 0.25) is 5.02 Å². The van der Waals surface area contributed by atoms with Crippen LogP contribution in [-0.2, 0) is 23.9 Å². The van der Waals surface area contributed by atoms with Crippen LogP contribution in [0.1, 0.15) is 53.4 Å². The molecule has 47 heavy (non-hydrogen) atoms. The Balaban J connectivity index is 1.35. The number of piperidine rings is 1. The molecule has 5 rings (SSSR count). The Bertz CT molecular complexity index is 1690. The van der Waals surface area contributed by atoms with E-state index in [9.17, 15) is 27.9 Å². The molecule has 1 aliphatic carbocycles. The monoisotopic (exact) mass is 668 g/mol. The number of aliphatic hydroxyl groups is 1. The summed E-state index contributed by atoms with van der Waals surface area (Å²) < 4.78 is 41.8. The second-order valence-electron chi connectivity index (χ2n) is 11.7. The zero-order chi connectivity index (χ0) is 33.6. The lowest BCUT2D eigenvalue weighted by Gasteiger charge is -2.29. The summed E-state index contributed by atoms with van der Waals surface area (Å²) >= 11 is 5.71. The number of rotatable bonds is 10. The average molecular weight is 669 g/mol. The topological polar surface area (TPSA) is 112 Å². The number of hydrazone groups is 1. The molecule has 2 amide bonds. The van der Waals surface area contributed by atoms with Crippen LogP contribution >= 0.6 is 11.6 Å². The summed E-state index contributed by atoms with van der Waals surface area (Å²) in [5.41, 5.74) is 4.46. The fourth-order valence-corrected chi connectivity index (χ4v) is 5.89. The van der Waals surface area contributed by atoms with E-state index in [0.717, 1.165) is 67.7 Å². The number of benzene rings is 2. The summed E-state index contributed by atoms with van der Waals surface area (Å²) in [7, 11) is 0. The number of anilines is 2. The number of aromatic nitrogens is 2. The third-order valence-corrected chi connectivity index (χ3v) is 8.53. The maximum absolute atomic E-state index is 13.7. The maximum atomic E-state index is 13.7. The molecule has 1 fully saturated rings. The van der Waals surface area contributed by atoms with Crippen molar-refractivity contribution in [1.29, 1.82) is 0 Å². The van der Waals surface area contributed by atoms with Gasteiger partial charge in [-0.15, -0.1) is 0 Å². The molecule has 0 saturated carbocycles. The van der Waals surface area contributed by atoms with E-state index in [1.807, 2.05) is 42.0 Å². The number of allylic oxidation sites excluding steroid dienone is 3. The minimum Gasteiger partial charge on any atom is -0.396 e. The van der Waals surface area contributed by atoms with Gasteiger partial charge in [-0.25, -0.2) is 10.4 Å². The van der Waals surface area contributed by atoms with E-state index in [-0.39, 0.29) is 35.2 Å². The highest BCUT2D eigenvalue weighted by molar-refractivity contribution is 6.31. The molecule has 3 N–H and O–H groups in total. The molecular weight excluding hydrogens is 633 g/mol. The number of alkyl halides is 3. The van der Waals surface area contributed by atoms with Gasteiger partial charge in [-0.1, -0.05) is 42.8 Å². The largest absolute Gasteiger partial charge is 0.417 e. The minimum absolute atomic E-state index is 0.00982. The highest BCUT2D eigenvalue weighted by Crippen LogP contribution is 2.35. The Morgan fingerprint density at radius 3 is 2.68 bits per heavy atom. The maximum Gasteiger partial charge on any atom is 0.417 e. The quantitative estimate of drug-likeness (QED) is 0.175. The first-order valence-corrected chi connectivity index (χ1v) is 15.8. The normalized spacial score (nSPS) is 18.3. The summed E-state index contributed by atoms with van der Waals surface area (Å²) in [4.78, 5) is 33.6. The molecule has 2 heterocycles. The number of nitrogens with zero attached hydrogens (tertiary/aromatic N) is 4. The summed E-state index contributed by atoms with van der Waals surface area (Å²) in [6.07, 6.45) is 9.48. The smallest absolute Gasteiger partial charge is 0.396 e. The molecule has 2 unspecified atom stereocenters. The van der Waals surface area contributed by atoms with Gasteiger partial charge in [0.15, 0.2) is 0 Å². The van der Waals surface area contributed by atoms with E-state index < -0.39 is 28.6 Å². The second-order valence-corrected chi connectivity index (χ2v) is 12.1. The molecule has 1 saturated heterocycles. The van der Waals surface area contributed by atoms with Crippen LogP contribution in [0.25, 0.3) is 0 Å². The van der Waals surface area contributed by atoms with Crippen molar-refractivity contribution in [1.82, 2.24) is 15.0 Å². The number of nitrogens with one attached hydrogen (secondary N) is 2. The van der Waals surface area contributed by atoms with Gasteiger partial charge in [0.05, 0.1) is 46.0 Å². The van der Waals surface area contributed by atoms with Crippen LogP contribution in [-0.4, -0.2) is 52.4 Å². The number of aliphatic hydroxyl groups excluding tert-OH is 1. The van der Waals surface area contributed by atoms with Crippen LogP contribution in [0.3, 0.4) is 0 Å². The van der Waals surface area contributed by atoms with Crippen LogP contribution in [0.15, 0.2) is 77.8 Å². The van der Waals surface area contributed by atoms with Gasteiger partial charge in [-0.3, -0.25) is 9.59 Å². The average Bonchev–Trinajstić information content (AvgIpc) is 3.49. The lowest BCUT2D eigenvalue weighted by molar-refractivity contribution is -0.137. The number of hydrogen-bond acceptors (Lipinski definition) is 6. The van der Waals surface area contributed by atoms with Crippen molar-refractivity contribution in [3.63, 3.8) is 0 Å². The van der Waals surface area contributed by atoms with E-state index in [0.29, 0.717) is 13.0 Å². The Morgan fingerprint density at radius 2 is 1.94 bits per heavy atom. The Kier molecular flexibility index (Phi) is 10.8. The lowest BCUT2D eigenvalue weighted by Crippen LogP contribution is -2.31. The summed E-state index contributed by atoms with van der Waals surface area (Å²) in [6.45, 7) is 4.12. The van der Waals surface area contributed by atoms with E-state index in [4.69, 9.17) is 11.6 Å². The number of amides is 2. The molecular formula is C34H36ClF3N6O3. The van der Waals surface area contributed by atoms with Crippen molar-refractivity contribution in [3.05, 3.63) is 100 Å². The Hall–Kier alpha value is -4.42. The fraction of sp³-hybridized carbons (Fsp3) is 0.353. The first-order chi connectivity index (χ1) is 22.5. The zero-order valence-corrected chi connectivity index (χ0v) is 26.6. The molecule has 2 aliphatic rings. The first-order valence-electron chi connectivity index (χ1n) is 15.4. The zero-order valence-electron chi connectivity index (χ0n) is 25.8. The van der Waals surface area contributed by atoms with Crippen molar-refractivity contribution in [2.24, 2.45) is 16.9 Å². The third kappa shape index (κ3) is 8.69. The molecule has 2 atom stereocenters. The van der Waals surface area contributed by atoms with Gasteiger partial charge in [0.25, 0.3) is 5.91 Å². The van der Waals surface area contributed by atoms with Crippen molar-refractivity contribution >= 4 is 41.0 Å². The van der Waals surface area contributed by atoms with Gasteiger partial charge < -0.3 is 19.9 Å². The molecule has 1 aliphatic heterocycles. The van der Waals surface area contributed by atoms with Gasteiger partial charge >= 0.3 is 6.18 Å². The standard InChI is InChI=1S/C34H36ClF3N6O3/c1-22-5-6-24(19-43-20-25(11-14-45)39-21-43)15-27(22)32(46)41-31-10-8-26(44-12-3-2-4-13-44)17-28(31)33(47)42-40-18-23-7-9-30(35)29(16-23)34(36,37)38/h5-10,15-18,20-22,27,45H,2-4,11-14,19H2,1H3,(H,41,46)(H,42,47)/b40-18+. The van der Waals surface area contributed by atoms with Gasteiger partial charge in [0.1, 0.15) is 0 Å². The van der Waals surface area contributed by atoms with E-state index in [2.05, 4.69) is 25.7 Å². The molecule has 2 aromatic carbocycles. The van der Waals surface area contributed by atoms with Crippen molar-refractivity contribution in [2.75, 3.05) is 29.9 Å². The number of halogens is 4. The Morgan fingerprint density at radius 1 is 1.15 bits per heavy atom. The molecule has 0 bridgehead atoms. The Labute approximate surface area is 275 Å². The van der Waals surface area contributed by atoms with Crippen molar-refractivity contribution < 1.29 is 27.9 Å². The van der Waals surface area contributed by atoms with Crippen LogP contribution in [0, 0.1) is 11.8 Å². The fourth-order valence-electron chi connectivity index (χ4n) is 5.66. The summed E-state index contributed by atoms with van der Waals surface area (Å²) in [5.74, 6) is -1.55. The predicted molar refractivity (Wildman–Crippen MR) is 176 cm³/mol. The summed E-state index contributed by atoms with van der Waals surface area (Å²) in [6, 6.07) is 8.58. The van der Waals surface area contributed by atoms with Gasteiger partial charge in [0, 0.05) is 44.5 Å². The van der Waals surface area contributed by atoms with Gasteiger partial charge in [0.2, 0.25) is 5.91 Å². The van der Waals surface area contributed by atoms with Gasteiger partial charge in [-0.2, -0.15) is 18.3 Å².